The normalized spacial score (nSPS) is 11.1. The van der Waals surface area contributed by atoms with E-state index >= 15 is 0 Å². The molecule has 1 heterocycles. The number of fused-ring (bicyclic) bond motifs is 1. The zero-order valence-electron chi connectivity index (χ0n) is 14.2. The summed E-state index contributed by atoms with van der Waals surface area (Å²) in [6, 6.07) is 13.9. The first kappa shape index (κ1) is 17.8. The van der Waals surface area contributed by atoms with Crippen LogP contribution in [0.4, 0.5) is 8.78 Å². The number of benzene rings is 2. The second-order valence-corrected chi connectivity index (χ2v) is 5.67. The van der Waals surface area contributed by atoms with Crippen LogP contribution in [-0.2, 0) is 22.6 Å². The van der Waals surface area contributed by atoms with E-state index in [9.17, 15) is 13.6 Å². The third-order valence-electron chi connectivity index (χ3n) is 4.00. The first-order valence-electron chi connectivity index (χ1n) is 8.11. The van der Waals surface area contributed by atoms with E-state index in [-0.39, 0.29) is 18.9 Å². The van der Waals surface area contributed by atoms with E-state index in [4.69, 9.17) is 9.47 Å². The minimum absolute atomic E-state index is 0.0268. The molecule has 0 saturated heterocycles. The molecule has 0 spiro atoms. The van der Waals surface area contributed by atoms with Gasteiger partial charge < -0.3 is 9.47 Å². The zero-order valence-corrected chi connectivity index (χ0v) is 14.2. The van der Waals surface area contributed by atoms with Crippen LogP contribution in [0, 0.1) is 0 Å². The van der Waals surface area contributed by atoms with Gasteiger partial charge in [-0.05, 0) is 36.2 Å². The van der Waals surface area contributed by atoms with Crippen molar-refractivity contribution in [2.45, 2.75) is 26.0 Å². The number of aryl methyl sites for hydroxylation is 1. The van der Waals surface area contributed by atoms with Crippen molar-refractivity contribution in [2.75, 3.05) is 7.11 Å². The standard InChI is InChI=1S/C19H18F2N2O3/c1-25-14-9-6-13(7-10-14)8-11-18(24)26-12-17-22-15-4-2-3-5-16(15)23(17)19(20)21/h2-7,9-10,19H,8,11-12H2,1H3. The van der Waals surface area contributed by atoms with Crippen molar-refractivity contribution in [3.05, 3.63) is 59.9 Å². The molecule has 0 fully saturated rings. The number of methoxy groups -OCH3 is 1. The molecule has 0 atom stereocenters. The average molecular weight is 360 g/mol. The molecule has 2 aromatic carbocycles. The Balaban J connectivity index is 1.60. The second kappa shape index (κ2) is 7.95. The number of para-hydroxylation sites is 2. The Kier molecular flexibility index (Phi) is 5.46. The fraction of sp³-hybridized carbons (Fsp3) is 0.263. The Morgan fingerprint density at radius 3 is 2.58 bits per heavy atom. The summed E-state index contributed by atoms with van der Waals surface area (Å²) in [5.74, 6) is 0.301. The van der Waals surface area contributed by atoms with E-state index in [0.717, 1.165) is 15.9 Å². The minimum atomic E-state index is -2.75. The molecule has 0 aliphatic carbocycles. The number of esters is 1. The van der Waals surface area contributed by atoms with Crippen LogP contribution in [0.15, 0.2) is 48.5 Å². The molecular weight excluding hydrogens is 342 g/mol. The summed E-state index contributed by atoms with van der Waals surface area (Å²) in [5, 5.41) is 0. The Hall–Kier alpha value is -2.96. The number of alkyl halides is 2. The van der Waals surface area contributed by atoms with Gasteiger partial charge in [-0.3, -0.25) is 9.36 Å². The number of carbonyl (C=O) groups excluding carboxylic acids is 1. The molecule has 0 saturated carbocycles. The van der Waals surface area contributed by atoms with E-state index in [1.54, 1.807) is 31.4 Å². The number of hydrogen-bond acceptors (Lipinski definition) is 4. The summed E-state index contributed by atoms with van der Waals surface area (Å²) in [7, 11) is 1.58. The zero-order chi connectivity index (χ0) is 18.5. The van der Waals surface area contributed by atoms with Gasteiger partial charge in [0, 0.05) is 6.42 Å². The number of halogens is 2. The Morgan fingerprint density at radius 2 is 1.88 bits per heavy atom. The lowest BCUT2D eigenvalue weighted by molar-refractivity contribution is -0.145. The lowest BCUT2D eigenvalue weighted by atomic mass is 10.1. The molecule has 136 valence electrons. The van der Waals surface area contributed by atoms with Crippen molar-refractivity contribution >= 4 is 17.0 Å². The van der Waals surface area contributed by atoms with Crippen LogP contribution in [0.5, 0.6) is 5.75 Å². The molecule has 0 aliphatic rings. The summed E-state index contributed by atoms with van der Waals surface area (Å²) in [5.41, 5.74) is 1.71. The smallest absolute Gasteiger partial charge is 0.320 e. The summed E-state index contributed by atoms with van der Waals surface area (Å²) in [4.78, 5) is 16.1. The lowest BCUT2D eigenvalue weighted by Gasteiger charge is -2.09. The number of hydrogen-bond donors (Lipinski definition) is 0. The van der Waals surface area contributed by atoms with Crippen LogP contribution >= 0.6 is 0 Å². The maximum absolute atomic E-state index is 13.3. The summed E-state index contributed by atoms with van der Waals surface area (Å²) >= 11 is 0. The van der Waals surface area contributed by atoms with Gasteiger partial charge in [-0.2, -0.15) is 8.78 Å². The highest BCUT2D eigenvalue weighted by Crippen LogP contribution is 2.23. The summed E-state index contributed by atoms with van der Waals surface area (Å²) < 4.78 is 37.6. The Labute approximate surface area is 149 Å². The van der Waals surface area contributed by atoms with E-state index in [1.807, 2.05) is 24.3 Å². The van der Waals surface area contributed by atoms with E-state index in [2.05, 4.69) is 4.98 Å². The van der Waals surface area contributed by atoms with Crippen molar-refractivity contribution in [3.8, 4) is 5.75 Å². The van der Waals surface area contributed by atoms with Crippen LogP contribution in [0.2, 0.25) is 0 Å². The highest BCUT2D eigenvalue weighted by Gasteiger charge is 2.18. The van der Waals surface area contributed by atoms with Gasteiger partial charge in [0.05, 0.1) is 18.1 Å². The van der Waals surface area contributed by atoms with E-state index in [0.29, 0.717) is 17.5 Å². The monoisotopic (exact) mass is 360 g/mol. The van der Waals surface area contributed by atoms with Crippen molar-refractivity contribution in [2.24, 2.45) is 0 Å². The SMILES string of the molecule is COc1ccc(CCC(=O)OCc2nc3ccccc3n2C(F)F)cc1. The van der Waals surface area contributed by atoms with Crippen molar-refractivity contribution in [1.82, 2.24) is 9.55 Å². The van der Waals surface area contributed by atoms with Gasteiger partial charge in [-0.15, -0.1) is 0 Å². The highest BCUT2D eigenvalue weighted by atomic mass is 19.3. The van der Waals surface area contributed by atoms with Crippen molar-refractivity contribution < 1.29 is 23.0 Å². The molecule has 1 aromatic heterocycles. The topological polar surface area (TPSA) is 53.4 Å². The van der Waals surface area contributed by atoms with Crippen LogP contribution in [0.1, 0.15) is 24.4 Å². The molecule has 3 aromatic rings. The fourth-order valence-electron chi connectivity index (χ4n) is 2.67. The van der Waals surface area contributed by atoms with Gasteiger partial charge in [0.25, 0.3) is 0 Å². The van der Waals surface area contributed by atoms with Crippen LogP contribution < -0.4 is 4.74 Å². The Bertz CT molecular complexity index is 891. The number of nitrogens with zero attached hydrogens (tertiary/aromatic N) is 2. The number of ether oxygens (including phenoxy) is 2. The summed E-state index contributed by atoms with van der Waals surface area (Å²) in [6.07, 6.45) is 0.648. The second-order valence-electron chi connectivity index (χ2n) is 5.67. The average Bonchev–Trinajstić information content (AvgIpc) is 3.03. The molecule has 0 amide bonds. The number of rotatable bonds is 7. The fourth-order valence-corrected chi connectivity index (χ4v) is 2.67. The Morgan fingerprint density at radius 1 is 1.15 bits per heavy atom. The minimum Gasteiger partial charge on any atom is -0.497 e. The molecule has 5 nitrogen and oxygen atoms in total. The van der Waals surface area contributed by atoms with Gasteiger partial charge >= 0.3 is 12.5 Å². The first-order valence-corrected chi connectivity index (χ1v) is 8.11. The van der Waals surface area contributed by atoms with E-state index in [1.165, 1.54) is 0 Å². The number of carbonyl (C=O) groups is 1. The number of imidazole rings is 1. The highest BCUT2D eigenvalue weighted by molar-refractivity contribution is 5.76. The van der Waals surface area contributed by atoms with Gasteiger partial charge in [0.2, 0.25) is 0 Å². The van der Waals surface area contributed by atoms with E-state index < -0.39 is 12.5 Å². The predicted molar refractivity (Wildman–Crippen MR) is 92.1 cm³/mol. The quantitative estimate of drug-likeness (QED) is 0.595. The maximum Gasteiger partial charge on any atom is 0.320 e. The van der Waals surface area contributed by atoms with Gasteiger partial charge in [0.1, 0.15) is 12.4 Å². The first-order chi connectivity index (χ1) is 12.6. The van der Waals surface area contributed by atoms with Gasteiger partial charge in [-0.25, -0.2) is 4.98 Å². The lowest BCUT2D eigenvalue weighted by Crippen LogP contribution is -2.11. The summed E-state index contributed by atoms with van der Waals surface area (Å²) in [6.45, 7) is -3.05. The third kappa shape index (κ3) is 3.99. The van der Waals surface area contributed by atoms with Crippen molar-refractivity contribution in [3.63, 3.8) is 0 Å². The molecule has 0 N–H and O–H groups in total. The number of aromatic nitrogens is 2. The molecule has 7 heteroatoms. The van der Waals surface area contributed by atoms with Crippen molar-refractivity contribution in [1.29, 1.82) is 0 Å². The van der Waals surface area contributed by atoms with Crippen LogP contribution in [0.3, 0.4) is 0 Å². The van der Waals surface area contributed by atoms with Crippen LogP contribution in [-0.4, -0.2) is 22.6 Å². The largest absolute Gasteiger partial charge is 0.497 e. The van der Waals surface area contributed by atoms with Gasteiger partial charge in [-0.1, -0.05) is 24.3 Å². The van der Waals surface area contributed by atoms with Gasteiger partial charge in [0.15, 0.2) is 5.82 Å². The molecule has 0 radical (unpaired) electrons. The molecule has 26 heavy (non-hydrogen) atoms. The molecule has 0 unspecified atom stereocenters. The molecule has 3 rings (SSSR count). The van der Waals surface area contributed by atoms with Crippen LogP contribution in [0.25, 0.3) is 11.0 Å². The molecule has 0 aliphatic heterocycles. The molecule has 0 bridgehead atoms. The predicted octanol–water partition coefficient (Wildman–Crippen LogP) is 4.12. The maximum atomic E-state index is 13.3. The third-order valence-corrected chi connectivity index (χ3v) is 4.00. The molecular formula is C19H18F2N2O3.